The predicted molar refractivity (Wildman–Crippen MR) is 97.8 cm³/mol. The van der Waals surface area contributed by atoms with Crippen LogP contribution in [0.3, 0.4) is 0 Å². The second kappa shape index (κ2) is 8.27. The van der Waals surface area contributed by atoms with Crippen molar-refractivity contribution in [1.29, 1.82) is 0 Å². The number of hydrogen-bond donors (Lipinski definition) is 2. The number of carbonyl (C=O) groups is 1. The summed E-state index contributed by atoms with van der Waals surface area (Å²) in [6, 6.07) is 12.7. The van der Waals surface area contributed by atoms with E-state index in [2.05, 4.69) is 60.2 Å². The number of benzene rings is 1. The number of nitrogens with one attached hydrogen (secondary N) is 2. The number of likely N-dealkylation sites (N-methyl/N-ethyl adjacent to an activating group) is 1. The third-order valence-corrected chi connectivity index (χ3v) is 4.78. The van der Waals surface area contributed by atoms with E-state index in [-0.39, 0.29) is 18.0 Å². The van der Waals surface area contributed by atoms with Crippen LogP contribution in [-0.2, 0) is 11.2 Å². The summed E-state index contributed by atoms with van der Waals surface area (Å²) in [4.78, 5) is 13.1. The van der Waals surface area contributed by atoms with Crippen LogP contribution in [-0.4, -0.2) is 19.0 Å². The maximum Gasteiger partial charge on any atom is 0.236 e. The molecule has 1 aromatic heterocycles. The van der Waals surface area contributed by atoms with Gasteiger partial charge in [-0.2, -0.15) is 0 Å². The molecule has 0 saturated heterocycles. The van der Waals surface area contributed by atoms with E-state index in [4.69, 9.17) is 0 Å². The minimum Gasteiger partial charge on any atom is -0.358 e. The zero-order valence-electron chi connectivity index (χ0n) is 14.3. The monoisotopic (exact) mass is 330 g/mol. The minimum absolute atomic E-state index is 0.00276. The van der Waals surface area contributed by atoms with Crippen molar-refractivity contribution >= 4 is 17.2 Å². The fraction of sp³-hybridized carbons (Fsp3) is 0.421. The zero-order valence-corrected chi connectivity index (χ0v) is 15.1. The predicted octanol–water partition coefficient (Wildman–Crippen LogP) is 3.76. The van der Waals surface area contributed by atoms with E-state index in [1.165, 1.54) is 16.0 Å². The fourth-order valence-electron chi connectivity index (χ4n) is 2.66. The van der Waals surface area contributed by atoms with Gasteiger partial charge in [0.1, 0.15) is 0 Å². The molecule has 4 heteroatoms. The van der Waals surface area contributed by atoms with Crippen LogP contribution in [0.5, 0.6) is 0 Å². The van der Waals surface area contributed by atoms with E-state index in [9.17, 15) is 4.79 Å². The van der Waals surface area contributed by atoms with Gasteiger partial charge in [0.05, 0.1) is 12.1 Å². The van der Waals surface area contributed by atoms with Gasteiger partial charge < -0.3 is 5.32 Å². The van der Waals surface area contributed by atoms with Crippen molar-refractivity contribution in [2.45, 2.75) is 39.3 Å². The molecule has 0 fully saturated rings. The van der Waals surface area contributed by atoms with E-state index in [1.807, 2.05) is 13.0 Å². The molecule has 1 heterocycles. The quantitative estimate of drug-likeness (QED) is 0.811. The van der Waals surface area contributed by atoms with Crippen molar-refractivity contribution in [2.24, 2.45) is 5.92 Å². The second-order valence-electron chi connectivity index (χ2n) is 6.29. The number of thiophene rings is 1. The average molecular weight is 330 g/mol. The summed E-state index contributed by atoms with van der Waals surface area (Å²) < 4.78 is 0. The standard InChI is InChI=1S/C19H26N2OS/c1-13(2)12-15-7-9-16(10-8-15)18(17-6-5-11-23-17)21-14(3)19(22)20-4/h5-11,13-14,18,21H,12H2,1-4H3,(H,20,22)/t14-,18+/m1/s1. The van der Waals surface area contributed by atoms with Crippen LogP contribution < -0.4 is 10.6 Å². The second-order valence-corrected chi connectivity index (χ2v) is 7.27. The van der Waals surface area contributed by atoms with E-state index in [1.54, 1.807) is 18.4 Å². The molecular weight excluding hydrogens is 304 g/mol. The molecule has 0 saturated carbocycles. The Balaban J connectivity index is 2.22. The third-order valence-electron chi connectivity index (χ3n) is 3.84. The lowest BCUT2D eigenvalue weighted by Gasteiger charge is -2.22. The van der Waals surface area contributed by atoms with Gasteiger partial charge in [0.25, 0.3) is 0 Å². The van der Waals surface area contributed by atoms with Gasteiger partial charge in [0.2, 0.25) is 5.91 Å². The molecule has 0 aliphatic rings. The number of carbonyl (C=O) groups excluding carboxylic acids is 1. The Hall–Kier alpha value is -1.65. The highest BCUT2D eigenvalue weighted by molar-refractivity contribution is 7.10. The van der Waals surface area contributed by atoms with E-state index in [0.29, 0.717) is 5.92 Å². The molecule has 0 aliphatic heterocycles. The van der Waals surface area contributed by atoms with Crippen molar-refractivity contribution < 1.29 is 4.79 Å². The van der Waals surface area contributed by atoms with Crippen LogP contribution in [0.1, 0.15) is 42.8 Å². The highest BCUT2D eigenvalue weighted by Gasteiger charge is 2.20. The summed E-state index contributed by atoms with van der Waals surface area (Å²) in [5, 5.41) is 8.22. The largest absolute Gasteiger partial charge is 0.358 e. The molecule has 0 aliphatic carbocycles. The SMILES string of the molecule is CNC(=O)[C@@H](C)N[C@@H](c1ccc(CC(C)C)cc1)c1cccs1. The van der Waals surface area contributed by atoms with Gasteiger partial charge in [-0.1, -0.05) is 44.2 Å². The topological polar surface area (TPSA) is 41.1 Å². The van der Waals surface area contributed by atoms with Crippen LogP contribution in [0.15, 0.2) is 41.8 Å². The molecule has 2 atom stereocenters. The van der Waals surface area contributed by atoms with Crippen molar-refractivity contribution in [3.05, 3.63) is 57.8 Å². The van der Waals surface area contributed by atoms with E-state index in [0.717, 1.165) is 6.42 Å². The maximum absolute atomic E-state index is 11.9. The Morgan fingerprint density at radius 3 is 2.35 bits per heavy atom. The summed E-state index contributed by atoms with van der Waals surface area (Å²) in [5.41, 5.74) is 2.55. The molecule has 1 amide bonds. The molecule has 124 valence electrons. The highest BCUT2D eigenvalue weighted by atomic mass is 32.1. The summed E-state index contributed by atoms with van der Waals surface area (Å²) in [6.07, 6.45) is 1.09. The molecule has 23 heavy (non-hydrogen) atoms. The van der Waals surface area contributed by atoms with Gasteiger partial charge in [-0.05, 0) is 41.8 Å². The fourth-order valence-corrected chi connectivity index (χ4v) is 3.47. The maximum atomic E-state index is 11.9. The van der Waals surface area contributed by atoms with Gasteiger partial charge in [-0.15, -0.1) is 11.3 Å². The first-order chi connectivity index (χ1) is 11.0. The average Bonchev–Trinajstić information content (AvgIpc) is 3.06. The third kappa shape index (κ3) is 4.91. The van der Waals surface area contributed by atoms with Gasteiger partial charge in [-0.25, -0.2) is 0 Å². The molecule has 1 aromatic carbocycles. The summed E-state index contributed by atoms with van der Waals surface area (Å²) in [6.45, 7) is 6.36. The number of amides is 1. The van der Waals surface area contributed by atoms with Crippen LogP contribution in [0.2, 0.25) is 0 Å². The Kier molecular flexibility index (Phi) is 6.37. The first-order valence-corrected chi connectivity index (χ1v) is 8.99. The van der Waals surface area contributed by atoms with E-state index < -0.39 is 0 Å². The first kappa shape index (κ1) is 17.7. The van der Waals surface area contributed by atoms with Crippen LogP contribution >= 0.6 is 11.3 Å². The van der Waals surface area contributed by atoms with Crippen LogP contribution in [0, 0.1) is 5.92 Å². The summed E-state index contributed by atoms with van der Waals surface area (Å²) >= 11 is 1.71. The lowest BCUT2D eigenvalue weighted by Crippen LogP contribution is -2.42. The Labute approximate surface area is 143 Å². The summed E-state index contributed by atoms with van der Waals surface area (Å²) in [5.74, 6) is 0.656. The molecule has 0 spiro atoms. The van der Waals surface area contributed by atoms with Crippen molar-refractivity contribution in [3.8, 4) is 0 Å². The minimum atomic E-state index is -0.248. The number of hydrogen-bond acceptors (Lipinski definition) is 3. The van der Waals surface area contributed by atoms with Crippen molar-refractivity contribution in [3.63, 3.8) is 0 Å². The van der Waals surface area contributed by atoms with Gasteiger partial charge in [0, 0.05) is 11.9 Å². The molecule has 2 N–H and O–H groups in total. The molecule has 2 rings (SSSR count). The molecule has 3 nitrogen and oxygen atoms in total. The zero-order chi connectivity index (χ0) is 16.8. The molecule has 0 unspecified atom stereocenters. The Morgan fingerprint density at radius 2 is 1.83 bits per heavy atom. The number of rotatable bonds is 7. The smallest absolute Gasteiger partial charge is 0.236 e. The van der Waals surface area contributed by atoms with Crippen LogP contribution in [0.25, 0.3) is 0 Å². The van der Waals surface area contributed by atoms with E-state index >= 15 is 0 Å². The van der Waals surface area contributed by atoms with Crippen molar-refractivity contribution in [1.82, 2.24) is 10.6 Å². The summed E-state index contributed by atoms with van der Waals surface area (Å²) in [7, 11) is 1.67. The normalized spacial score (nSPS) is 13.8. The lowest BCUT2D eigenvalue weighted by atomic mass is 9.98. The molecule has 2 aromatic rings. The molecule has 0 bridgehead atoms. The highest BCUT2D eigenvalue weighted by Crippen LogP contribution is 2.27. The Bertz CT molecular complexity index is 605. The first-order valence-electron chi connectivity index (χ1n) is 8.11. The lowest BCUT2D eigenvalue weighted by molar-refractivity contribution is -0.122. The van der Waals surface area contributed by atoms with Crippen molar-refractivity contribution in [2.75, 3.05) is 7.05 Å². The Morgan fingerprint density at radius 1 is 1.13 bits per heavy atom. The van der Waals surface area contributed by atoms with Gasteiger partial charge in [0.15, 0.2) is 0 Å². The van der Waals surface area contributed by atoms with Gasteiger partial charge >= 0.3 is 0 Å². The van der Waals surface area contributed by atoms with Crippen LogP contribution in [0.4, 0.5) is 0 Å². The van der Waals surface area contributed by atoms with Gasteiger partial charge in [-0.3, -0.25) is 10.1 Å². The molecular formula is C19H26N2OS. The molecule has 0 radical (unpaired) electrons.